The van der Waals surface area contributed by atoms with E-state index in [4.69, 9.17) is 22.1 Å². The van der Waals surface area contributed by atoms with Gasteiger partial charge in [-0.15, -0.1) is 0 Å². The lowest BCUT2D eigenvalue weighted by atomic mass is 9.80. The van der Waals surface area contributed by atoms with E-state index >= 15 is 0 Å². The number of hydrogen-bond donors (Lipinski definition) is 1. The summed E-state index contributed by atoms with van der Waals surface area (Å²) in [5.74, 6) is 1.47. The van der Waals surface area contributed by atoms with Crippen LogP contribution in [0.3, 0.4) is 0 Å². The number of nitrogens with two attached hydrogens (primary N) is 1. The second-order valence-corrected chi connectivity index (χ2v) is 5.43. The quantitative estimate of drug-likeness (QED) is 0.892. The molecule has 0 amide bonds. The molecule has 18 heavy (non-hydrogen) atoms. The van der Waals surface area contributed by atoms with Crippen LogP contribution in [-0.2, 0) is 0 Å². The first-order chi connectivity index (χ1) is 8.60. The average Bonchev–Trinajstić information content (AvgIpc) is 2.30. The summed E-state index contributed by atoms with van der Waals surface area (Å²) in [5, 5.41) is 0.673. The Hall–Kier alpha value is -0.930. The predicted octanol–water partition coefficient (Wildman–Crippen LogP) is 2.91. The summed E-state index contributed by atoms with van der Waals surface area (Å²) in [7, 11) is 2.09. The molecule has 0 radical (unpaired) electrons. The van der Waals surface area contributed by atoms with Crippen LogP contribution in [0, 0.1) is 5.92 Å². The normalized spacial score (nSPS) is 22.4. The fourth-order valence-electron chi connectivity index (χ4n) is 2.43. The van der Waals surface area contributed by atoms with E-state index in [1.54, 1.807) is 0 Å². The standard InChI is InChI=1S/C14H21ClN2O/c1-3-18-14-5-4-12(8-13(14)15)17(2)9-10-6-11(16)7-10/h4-5,8,10-11H,3,6-7,9,16H2,1-2H3. The van der Waals surface area contributed by atoms with Crippen LogP contribution in [0.1, 0.15) is 19.8 Å². The highest BCUT2D eigenvalue weighted by atomic mass is 35.5. The van der Waals surface area contributed by atoms with Crippen LogP contribution >= 0.6 is 11.6 Å². The molecule has 1 aromatic carbocycles. The Bertz CT molecular complexity index is 405. The molecule has 1 fully saturated rings. The van der Waals surface area contributed by atoms with Gasteiger partial charge in [0.25, 0.3) is 0 Å². The van der Waals surface area contributed by atoms with Crippen molar-refractivity contribution in [1.82, 2.24) is 0 Å². The third-order valence-corrected chi connectivity index (χ3v) is 3.76. The lowest BCUT2D eigenvalue weighted by Crippen LogP contribution is -2.41. The number of rotatable bonds is 5. The predicted molar refractivity (Wildman–Crippen MR) is 76.6 cm³/mol. The van der Waals surface area contributed by atoms with Crippen molar-refractivity contribution in [3.05, 3.63) is 23.2 Å². The zero-order chi connectivity index (χ0) is 13.1. The maximum atomic E-state index is 6.19. The molecule has 2 rings (SSSR count). The van der Waals surface area contributed by atoms with Crippen LogP contribution in [0.5, 0.6) is 5.75 Å². The molecule has 0 spiro atoms. The summed E-state index contributed by atoms with van der Waals surface area (Å²) in [4.78, 5) is 2.23. The Balaban J connectivity index is 1.97. The molecule has 1 saturated carbocycles. The van der Waals surface area contributed by atoms with Crippen molar-refractivity contribution in [1.29, 1.82) is 0 Å². The van der Waals surface area contributed by atoms with E-state index in [1.807, 2.05) is 19.1 Å². The minimum Gasteiger partial charge on any atom is -0.492 e. The number of halogens is 1. The fourth-order valence-corrected chi connectivity index (χ4v) is 2.66. The highest BCUT2D eigenvalue weighted by Gasteiger charge is 2.26. The maximum Gasteiger partial charge on any atom is 0.138 e. The highest BCUT2D eigenvalue weighted by Crippen LogP contribution is 2.31. The molecular formula is C14H21ClN2O. The lowest BCUT2D eigenvalue weighted by molar-refractivity contribution is 0.271. The first kappa shape index (κ1) is 13.5. The van der Waals surface area contributed by atoms with E-state index in [-0.39, 0.29) is 0 Å². The molecule has 0 aliphatic heterocycles. The van der Waals surface area contributed by atoms with Crippen molar-refractivity contribution in [2.45, 2.75) is 25.8 Å². The molecule has 100 valence electrons. The van der Waals surface area contributed by atoms with Gasteiger partial charge in [-0.2, -0.15) is 0 Å². The van der Waals surface area contributed by atoms with Gasteiger partial charge >= 0.3 is 0 Å². The number of benzene rings is 1. The Morgan fingerprint density at radius 1 is 1.44 bits per heavy atom. The van der Waals surface area contributed by atoms with Gasteiger partial charge < -0.3 is 15.4 Å². The number of anilines is 1. The zero-order valence-corrected chi connectivity index (χ0v) is 11.8. The van der Waals surface area contributed by atoms with Gasteiger partial charge in [0.2, 0.25) is 0 Å². The number of hydrogen-bond acceptors (Lipinski definition) is 3. The lowest BCUT2D eigenvalue weighted by Gasteiger charge is -2.36. The molecule has 2 N–H and O–H groups in total. The van der Waals surface area contributed by atoms with Crippen LogP contribution in [-0.4, -0.2) is 26.2 Å². The molecule has 1 aliphatic rings. The van der Waals surface area contributed by atoms with Crippen LogP contribution in [0.15, 0.2) is 18.2 Å². The first-order valence-electron chi connectivity index (χ1n) is 6.49. The van der Waals surface area contributed by atoms with Crippen molar-refractivity contribution in [2.24, 2.45) is 11.7 Å². The Morgan fingerprint density at radius 2 is 2.17 bits per heavy atom. The molecule has 0 bridgehead atoms. The van der Waals surface area contributed by atoms with Crippen LogP contribution in [0.4, 0.5) is 5.69 Å². The van der Waals surface area contributed by atoms with Gasteiger partial charge in [0.05, 0.1) is 11.6 Å². The number of ether oxygens (including phenoxy) is 1. The van der Waals surface area contributed by atoms with Crippen molar-refractivity contribution in [2.75, 3.05) is 25.1 Å². The second-order valence-electron chi connectivity index (χ2n) is 5.03. The van der Waals surface area contributed by atoms with Gasteiger partial charge in [0.15, 0.2) is 0 Å². The SMILES string of the molecule is CCOc1ccc(N(C)CC2CC(N)C2)cc1Cl. The Morgan fingerprint density at radius 3 is 2.72 bits per heavy atom. The van der Waals surface area contributed by atoms with Crippen LogP contribution in [0.2, 0.25) is 5.02 Å². The molecule has 0 unspecified atom stereocenters. The molecule has 1 aromatic rings. The van der Waals surface area contributed by atoms with Gasteiger partial charge in [0.1, 0.15) is 5.75 Å². The molecule has 0 saturated heterocycles. The van der Waals surface area contributed by atoms with E-state index in [2.05, 4.69) is 18.0 Å². The molecule has 1 aliphatic carbocycles. The number of nitrogens with zero attached hydrogens (tertiary/aromatic N) is 1. The van der Waals surface area contributed by atoms with Gasteiger partial charge in [-0.05, 0) is 43.9 Å². The minimum absolute atomic E-state index is 0.410. The maximum absolute atomic E-state index is 6.19. The van der Waals surface area contributed by atoms with Crippen molar-refractivity contribution >= 4 is 17.3 Å². The van der Waals surface area contributed by atoms with Crippen molar-refractivity contribution in [3.63, 3.8) is 0 Å². The van der Waals surface area contributed by atoms with Crippen molar-refractivity contribution in [3.8, 4) is 5.75 Å². The van der Waals surface area contributed by atoms with E-state index in [1.165, 1.54) is 0 Å². The molecule has 4 heteroatoms. The van der Waals surface area contributed by atoms with Crippen LogP contribution < -0.4 is 15.4 Å². The van der Waals surface area contributed by atoms with E-state index < -0.39 is 0 Å². The molecule has 3 nitrogen and oxygen atoms in total. The first-order valence-corrected chi connectivity index (χ1v) is 6.87. The van der Waals surface area contributed by atoms with Gasteiger partial charge in [-0.25, -0.2) is 0 Å². The average molecular weight is 269 g/mol. The third kappa shape index (κ3) is 3.09. The topological polar surface area (TPSA) is 38.5 Å². The van der Waals surface area contributed by atoms with Crippen molar-refractivity contribution < 1.29 is 4.74 Å². The van der Waals surface area contributed by atoms with E-state index in [0.717, 1.165) is 36.7 Å². The fraction of sp³-hybridized carbons (Fsp3) is 0.571. The largest absolute Gasteiger partial charge is 0.492 e. The Kier molecular flexibility index (Phi) is 4.36. The smallest absolute Gasteiger partial charge is 0.138 e. The highest BCUT2D eigenvalue weighted by molar-refractivity contribution is 6.32. The van der Waals surface area contributed by atoms with Gasteiger partial charge in [0, 0.05) is 25.3 Å². The van der Waals surface area contributed by atoms with E-state index in [0.29, 0.717) is 17.7 Å². The summed E-state index contributed by atoms with van der Waals surface area (Å²) in [6.07, 6.45) is 2.27. The zero-order valence-electron chi connectivity index (χ0n) is 11.0. The summed E-state index contributed by atoms with van der Waals surface area (Å²) in [5.41, 5.74) is 6.93. The Labute approximate surface area is 114 Å². The third-order valence-electron chi connectivity index (χ3n) is 3.46. The van der Waals surface area contributed by atoms with Crippen LogP contribution in [0.25, 0.3) is 0 Å². The summed E-state index contributed by atoms with van der Waals surface area (Å²) < 4.78 is 5.43. The molecule has 0 atom stereocenters. The summed E-state index contributed by atoms with van der Waals surface area (Å²) in [6.45, 7) is 3.63. The second kappa shape index (κ2) is 5.81. The molecular weight excluding hydrogens is 248 g/mol. The monoisotopic (exact) mass is 268 g/mol. The minimum atomic E-state index is 0.410. The van der Waals surface area contributed by atoms with Gasteiger partial charge in [-0.3, -0.25) is 0 Å². The summed E-state index contributed by atoms with van der Waals surface area (Å²) in [6, 6.07) is 6.36. The molecule has 0 heterocycles. The van der Waals surface area contributed by atoms with E-state index in [9.17, 15) is 0 Å². The van der Waals surface area contributed by atoms with Gasteiger partial charge in [-0.1, -0.05) is 11.6 Å². The molecule has 0 aromatic heterocycles. The summed E-state index contributed by atoms with van der Waals surface area (Å²) >= 11 is 6.19.